The van der Waals surface area contributed by atoms with E-state index < -0.39 is 30.7 Å². The van der Waals surface area contributed by atoms with Crippen LogP contribution in [0.5, 0.6) is 0 Å². The molecule has 10 heteroatoms. The van der Waals surface area contributed by atoms with Crippen molar-refractivity contribution in [2.45, 2.75) is 44.9 Å². The quantitative estimate of drug-likeness (QED) is 0.424. The number of aliphatic hydroxyl groups is 1. The van der Waals surface area contributed by atoms with Gasteiger partial charge in [-0.2, -0.15) is 13.2 Å². The van der Waals surface area contributed by atoms with Crippen LogP contribution in [0.15, 0.2) is 64.8 Å². The molecular weight excluding hydrogens is 500 g/mol. The van der Waals surface area contributed by atoms with Crippen LogP contribution in [0, 0.1) is 12.3 Å². The molecule has 0 fully saturated rings. The fourth-order valence-corrected chi connectivity index (χ4v) is 4.50. The maximum atomic E-state index is 13.1. The largest absolute Gasteiger partial charge is 0.416 e. The van der Waals surface area contributed by atoms with Crippen LogP contribution in [0.2, 0.25) is 0 Å². The molecule has 38 heavy (non-hydrogen) atoms. The molecule has 0 bridgehead atoms. The minimum absolute atomic E-state index is 0.182. The summed E-state index contributed by atoms with van der Waals surface area (Å²) in [5.74, 6) is 2.68. The number of aliphatic hydroxyl groups excluding tert-OH is 1. The van der Waals surface area contributed by atoms with Crippen molar-refractivity contribution in [2.75, 3.05) is 19.6 Å². The van der Waals surface area contributed by atoms with Crippen molar-refractivity contribution in [3.63, 3.8) is 0 Å². The van der Waals surface area contributed by atoms with Gasteiger partial charge in [-0.3, -0.25) is 4.79 Å². The maximum absolute atomic E-state index is 13.1. The Bertz CT molecular complexity index is 1260. The third-order valence-corrected chi connectivity index (χ3v) is 6.70. The van der Waals surface area contributed by atoms with Crippen molar-refractivity contribution in [2.24, 2.45) is 4.99 Å². The van der Waals surface area contributed by atoms with Crippen LogP contribution in [0.25, 0.3) is 0 Å². The normalized spacial score (nSPS) is 19.6. The summed E-state index contributed by atoms with van der Waals surface area (Å²) in [5.41, 5.74) is 2.11. The Hall–Kier alpha value is -3.84. The zero-order chi connectivity index (χ0) is 27.4. The van der Waals surface area contributed by atoms with E-state index in [4.69, 9.17) is 6.42 Å². The molecule has 2 aromatic carbocycles. The third-order valence-electron chi connectivity index (χ3n) is 6.70. The van der Waals surface area contributed by atoms with Gasteiger partial charge in [0.2, 0.25) is 5.96 Å². The highest BCUT2D eigenvalue weighted by molar-refractivity contribution is 5.94. The van der Waals surface area contributed by atoms with Crippen molar-refractivity contribution in [1.29, 1.82) is 0 Å². The summed E-state index contributed by atoms with van der Waals surface area (Å²) in [6.07, 6.45) is 0.698. The number of carbonyl (C=O) groups is 1. The van der Waals surface area contributed by atoms with Gasteiger partial charge in [0.15, 0.2) is 6.23 Å². The summed E-state index contributed by atoms with van der Waals surface area (Å²) < 4.78 is 51.6. The molecule has 1 unspecified atom stereocenters. The summed E-state index contributed by atoms with van der Waals surface area (Å²) in [6, 6.07) is 10.6. The minimum Gasteiger partial charge on any atom is -0.369 e. The Morgan fingerprint density at radius 3 is 2.50 bits per heavy atom. The van der Waals surface area contributed by atoms with Gasteiger partial charge in [-0.25, -0.2) is 9.38 Å². The topological polar surface area (TPSA) is 68.2 Å². The third kappa shape index (κ3) is 5.83. The van der Waals surface area contributed by atoms with Crippen LogP contribution in [0.3, 0.4) is 0 Å². The molecule has 0 saturated carbocycles. The van der Waals surface area contributed by atoms with Gasteiger partial charge in [-0.05, 0) is 42.3 Å². The number of benzene rings is 2. The second-order valence-electron chi connectivity index (χ2n) is 9.21. The van der Waals surface area contributed by atoms with Gasteiger partial charge in [0, 0.05) is 49.3 Å². The molecule has 2 heterocycles. The van der Waals surface area contributed by atoms with Gasteiger partial charge in [0.25, 0.3) is 5.91 Å². The molecule has 0 radical (unpaired) electrons. The molecule has 2 aromatic rings. The van der Waals surface area contributed by atoms with Gasteiger partial charge < -0.3 is 20.2 Å². The van der Waals surface area contributed by atoms with E-state index >= 15 is 0 Å². The van der Waals surface area contributed by atoms with Gasteiger partial charge in [0.1, 0.15) is 6.67 Å². The van der Waals surface area contributed by atoms with Gasteiger partial charge >= 0.3 is 6.18 Å². The number of amides is 1. The zero-order valence-electron chi connectivity index (χ0n) is 20.8. The first kappa shape index (κ1) is 27.2. The van der Waals surface area contributed by atoms with Crippen molar-refractivity contribution in [3.05, 3.63) is 82.1 Å². The molecule has 4 rings (SSSR count). The fourth-order valence-electron chi connectivity index (χ4n) is 4.50. The number of halogens is 4. The fraction of sp³-hybridized carbons (Fsp3) is 0.357. The Morgan fingerprint density at radius 2 is 1.89 bits per heavy atom. The summed E-state index contributed by atoms with van der Waals surface area (Å²) in [4.78, 5) is 21.0. The van der Waals surface area contributed by atoms with E-state index in [9.17, 15) is 27.5 Å². The Kier molecular flexibility index (Phi) is 8.07. The van der Waals surface area contributed by atoms with Crippen LogP contribution in [0.1, 0.15) is 52.9 Å². The first-order chi connectivity index (χ1) is 18.1. The second-order valence-corrected chi connectivity index (χ2v) is 9.21. The van der Waals surface area contributed by atoms with E-state index in [0.717, 1.165) is 17.8 Å². The molecule has 1 amide bonds. The maximum Gasteiger partial charge on any atom is 0.416 e. The number of alkyl halides is 4. The summed E-state index contributed by atoms with van der Waals surface area (Å²) in [7, 11) is 0. The smallest absolute Gasteiger partial charge is 0.369 e. The number of guanidine groups is 1. The van der Waals surface area contributed by atoms with E-state index in [2.05, 4.69) is 16.2 Å². The highest BCUT2D eigenvalue weighted by Gasteiger charge is 2.36. The molecule has 200 valence electrons. The lowest BCUT2D eigenvalue weighted by molar-refractivity contribution is -0.137. The highest BCUT2D eigenvalue weighted by atomic mass is 19.4. The minimum atomic E-state index is -4.42. The molecule has 2 aliphatic rings. The van der Waals surface area contributed by atoms with Crippen molar-refractivity contribution >= 4 is 11.9 Å². The summed E-state index contributed by atoms with van der Waals surface area (Å²) in [5, 5.41) is 14.5. The lowest BCUT2D eigenvalue weighted by atomic mass is 10.00. The molecule has 0 aromatic heterocycles. The first-order valence-corrected chi connectivity index (χ1v) is 12.2. The zero-order valence-corrected chi connectivity index (χ0v) is 20.8. The number of nitrogens with zero attached hydrogens (tertiary/aromatic N) is 3. The summed E-state index contributed by atoms with van der Waals surface area (Å²) >= 11 is 0. The first-order valence-electron chi connectivity index (χ1n) is 12.2. The van der Waals surface area contributed by atoms with Crippen LogP contribution in [-0.2, 0) is 12.9 Å². The average Bonchev–Trinajstić information content (AvgIpc) is 2.92. The van der Waals surface area contributed by atoms with Crippen LogP contribution in [0.4, 0.5) is 17.6 Å². The molecule has 2 atom stereocenters. The van der Waals surface area contributed by atoms with E-state index in [0.29, 0.717) is 47.6 Å². The molecule has 0 aliphatic carbocycles. The summed E-state index contributed by atoms with van der Waals surface area (Å²) in [6.45, 7) is 2.00. The number of aliphatic imine (C=N–C) groups is 1. The van der Waals surface area contributed by atoms with Crippen molar-refractivity contribution in [3.8, 4) is 12.3 Å². The number of rotatable bonds is 6. The monoisotopic (exact) mass is 528 g/mol. The van der Waals surface area contributed by atoms with Crippen LogP contribution >= 0.6 is 0 Å². The Morgan fingerprint density at radius 1 is 1.21 bits per heavy atom. The Balaban J connectivity index is 1.56. The standard InChI is InChI=1S/C28H28F4N4O2/c1-3-4-14-36-26(38)23-17-35(25(37)21-7-5-19(16-29)6-8-21)15-13-24(23)34-27(36)33-18(2)20-9-11-22(12-10-20)28(30,31)32/h1,5-12,18,26,38H,4,13-17H2,2H3,(H,33,34)/t18-,26?/m0/s1. The molecule has 2 aliphatic heterocycles. The van der Waals surface area contributed by atoms with E-state index in [1.54, 1.807) is 41.0 Å². The highest BCUT2D eigenvalue weighted by Crippen LogP contribution is 2.31. The van der Waals surface area contributed by atoms with Crippen LogP contribution < -0.4 is 5.32 Å². The number of carbonyl (C=O) groups excluding carboxylic acids is 1. The van der Waals surface area contributed by atoms with E-state index in [-0.39, 0.29) is 19.0 Å². The SMILES string of the molecule is C#CCCN1C(=N[C@@H](C)c2ccc(C(F)(F)F)cc2)NC2=C(CN(C(=O)c3ccc(CF)cc3)CC2)C1O. The van der Waals surface area contributed by atoms with Crippen LogP contribution in [-0.4, -0.2) is 52.6 Å². The van der Waals surface area contributed by atoms with Crippen molar-refractivity contribution < 1.29 is 27.5 Å². The predicted molar refractivity (Wildman–Crippen MR) is 135 cm³/mol. The number of hydrogen-bond acceptors (Lipinski definition) is 3. The second kappa shape index (κ2) is 11.3. The number of terminal acetylenes is 1. The van der Waals surface area contributed by atoms with E-state index in [1.807, 2.05) is 0 Å². The van der Waals surface area contributed by atoms with Gasteiger partial charge in [0.05, 0.1) is 11.6 Å². The molecular formula is C28H28F4N4O2. The lowest BCUT2D eigenvalue weighted by Crippen LogP contribution is -2.56. The average molecular weight is 529 g/mol. The Labute approximate surface area is 218 Å². The molecule has 0 saturated heterocycles. The lowest BCUT2D eigenvalue weighted by Gasteiger charge is -2.43. The van der Waals surface area contributed by atoms with E-state index in [1.165, 1.54) is 12.1 Å². The van der Waals surface area contributed by atoms with Gasteiger partial charge in [-0.15, -0.1) is 12.3 Å². The molecule has 0 spiro atoms. The van der Waals surface area contributed by atoms with Crippen molar-refractivity contribution in [1.82, 2.24) is 15.1 Å². The molecule has 6 nitrogen and oxygen atoms in total. The van der Waals surface area contributed by atoms with Gasteiger partial charge in [-0.1, -0.05) is 24.3 Å². The predicted octanol–water partition coefficient (Wildman–Crippen LogP) is 4.64. The number of hydrogen-bond donors (Lipinski definition) is 2. The molecule has 2 N–H and O–H groups in total. The number of nitrogens with one attached hydrogen (secondary N) is 1.